The monoisotopic (exact) mass is 423 g/mol. The summed E-state index contributed by atoms with van der Waals surface area (Å²) in [7, 11) is 0. The highest BCUT2D eigenvalue weighted by molar-refractivity contribution is 9.10. The Kier molecular flexibility index (Phi) is 4.06. The number of nitrogens with zero attached hydrogens (tertiary/aromatic N) is 3. The normalized spacial score (nSPS) is 12.1. The lowest BCUT2D eigenvalue weighted by atomic mass is 10.1. The molecule has 0 N–H and O–H groups in total. The summed E-state index contributed by atoms with van der Waals surface area (Å²) < 4.78 is 41.2. The van der Waals surface area contributed by atoms with Gasteiger partial charge in [-0.2, -0.15) is 18.3 Å². The van der Waals surface area contributed by atoms with E-state index in [1.165, 1.54) is 12.1 Å². The Labute approximate surface area is 147 Å². The maximum Gasteiger partial charge on any atom is 0.433 e. The number of benzene rings is 1. The van der Waals surface area contributed by atoms with Gasteiger partial charge in [-0.1, -0.05) is 29.3 Å². The second kappa shape index (κ2) is 5.65. The summed E-state index contributed by atoms with van der Waals surface area (Å²) >= 11 is 15.0. The molecule has 2 heterocycles. The molecule has 0 aliphatic rings. The van der Waals surface area contributed by atoms with Gasteiger partial charge in [-0.05, 0) is 41.1 Å². The minimum Gasteiger partial charge on any atom is -0.227 e. The fourth-order valence-electron chi connectivity index (χ4n) is 2.10. The first-order valence-corrected chi connectivity index (χ1v) is 7.82. The number of hydrogen-bond acceptors (Lipinski definition) is 2. The van der Waals surface area contributed by atoms with Gasteiger partial charge in [0.25, 0.3) is 0 Å². The van der Waals surface area contributed by atoms with Gasteiger partial charge in [0.05, 0.1) is 25.9 Å². The van der Waals surface area contributed by atoms with E-state index in [4.69, 9.17) is 23.2 Å². The summed E-state index contributed by atoms with van der Waals surface area (Å²) in [4.78, 5) is 4.26. The zero-order valence-corrected chi connectivity index (χ0v) is 14.5. The smallest absolute Gasteiger partial charge is 0.227 e. The molecular weight excluding hydrogens is 418 g/mol. The number of aromatic nitrogens is 3. The molecular formula is C14H7BrCl2F3N3. The predicted octanol–water partition coefficient (Wildman–Crippen LogP) is 5.79. The van der Waals surface area contributed by atoms with Crippen molar-refractivity contribution in [2.24, 2.45) is 0 Å². The highest BCUT2D eigenvalue weighted by Gasteiger charge is 2.35. The van der Waals surface area contributed by atoms with Crippen molar-refractivity contribution in [3.63, 3.8) is 0 Å². The molecule has 0 amide bonds. The number of fused-ring (bicyclic) bond motifs is 1. The van der Waals surface area contributed by atoms with Crippen LogP contribution in [0.1, 0.15) is 11.4 Å². The Morgan fingerprint density at radius 2 is 1.83 bits per heavy atom. The molecule has 0 radical (unpaired) electrons. The van der Waals surface area contributed by atoms with Gasteiger partial charge >= 0.3 is 6.18 Å². The van der Waals surface area contributed by atoms with Crippen LogP contribution in [0, 0.1) is 6.92 Å². The van der Waals surface area contributed by atoms with Crippen LogP contribution in [0.3, 0.4) is 0 Å². The Morgan fingerprint density at radius 3 is 2.43 bits per heavy atom. The molecule has 0 saturated carbocycles. The molecule has 9 heteroatoms. The first kappa shape index (κ1) is 16.5. The van der Waals surface area contributed by atoms with Crippen LogP contribution in [0.15, 0.2) is 28.7 Å². The lowest BCUT2D eigenvalue weighted by molar-refractivity contribution is -0.142. The standard InChI is InChI=1S/C14H7BrCl2F3N3/c1-6-12(15)13-21-10(7-2-3-8(16)9(17)4-7)5-11(14(18,19)20)23(13)22-6/h2-5H,1H3. The Balaban J connectivity index is 2.34. The van der Waals surface area contributed by atoms with E-state index in [1.54, 1.807) is 13.0 Å². The molecule has 1 aromatic carbocycles. The van der Waals surface area contributed by atoms with Gasteiger partial charge in [-0.15, -0.1) is 0 Å². The van der Waals surface area contributed by atoms with Gasteiger partial charge in [-0.25, -0.2) is 9.50 Å². The largest absolute Gasteiger partial charge is 0.433 e. The summed E-state index contributed by atoms with van der Waals surface area (Å²) in [5, 5.41) is 4.44. The minimum atomic E-state index is -4.58. The first-order chi connectivity index (χ1) is 10.7. The van der Waals surface area contributed by atoms with Crippen LogP contribution in [0.2, 0.25) is 10.0 Å². The minimum absolute atomic E-state index is 0.0818. The number of hydrogen-bond donors (Lipinski definition) is 0. The van der Waals surface area contributed by atoms with E-state index in [9.17, 15) is 13.2 Å². The van der Waals surface area contributed by atoms with Gasteiger partial charge in [0.2, 0.25) is 0 Å². The third-order valence-corrected chi connectivity index (χ3v) is 4.87. The number of rotatable bonds is 1. The summed E-state index contributed by atoms with van der Waals surface area (Å²) in [5.41, 5.74) is 0.132. The molecule has 0 aliphatic heterocycles. The van der Waals surface area contributed by atoms with Gasteiger partial charge in [0.15, 0.2) is 11.3 Å². The average molecular weight is 425 g/mol. The topological polar surface area (TPSA) is 30.2 Å². The van der Waals surface area contributed by atoms with Crippen molar-refractivity contribution in [3.8, 4) is 11.3 Å². The van der Waals surface area contributed by atoms with Crippen LogP contribution < -0.4 is 0 Å². The van der Waals surface area contributed by atoms with Crippen LogP contribution in [-0.2, 0) is 6.18 Å². The molecule has 0 fully saturated rings. The van der Waals surface area contributed by atoms with Crippen molar-refractivity contribution in [2.45, 2.75) is 13.1 Å². The summed E-state index contributed by atoms with van der Waals surface area (Å²) in [6.45, 7) is 1.59. The molecule has 0 spiro atoms. The second-order valence-electron chi connectivity index (χ2n) is 4.79. The highest BCUT2D eigenvalue weighted by Crippen LogP contribution is 2.35. The van der Waals surface area contributed by atoms with Crippen molar-refractivity contribution in [3.05, 3.63) is 50.2 Å². The second-order valence-corrected chi connectivity index (χ2v) is 6.40. The summed E-state index contributed by atoms with van der Waals surface area (Å²) in [5.74, 6) is 0. The lowest BCUT2D eigenvalue weighted by Crippen LogP contribution is -2.13. The van der Waals surface area contributed by atoms with Gasteiger partial charge < -0.3 is 0 Å². The summed E-state index contributed by atoms with van der Waals surface area (Å²) in [6, 6.07) is 5.48. The number of aryl methyl sites for hydroxylation is 1. The van der Waals surface area contributed by atoms with Gasteiger partial charge in [-0.3, -0.25) is 0 Å². The van der Waals surface area contributed by atoms with Crippen molar-refractivity contribution in [1.29, 1.82) is 0 Å². The Hall–Kier alpha value is -1.31. The van der Waals surface area contributed by atoms with Crippen LogP contribution >= 0.6 is 39.1 Å². The molecule has 2 aromatic heterocycles. The van der Waals surface area contributed by atoms with E-state index in [1.807, 2.05) is 0 Å². The molecule has 23 heavy (non-hydrogen) atoms. The fourth-order valence-corrected chi connectivity index (χ4v) is 2.74. The quantitative estimate of drug-likeness (QED) is 0.494. The number of halogens is 6. The van der Waals surface area contributed by atoms with E-state index in [0.717, 1.165) is 10.6 Å². The van der Waals surface area contributed by atoms with Gasteiger partial charge in [0.1, 0.15) is 0 Å². The van der Waals surface area contributed by atoms with E-state index >= 15 is 0 Å². The lowest BCUT2D eigenvalue weighted by Gasteiger charge is -2.11. The van der Waals surface area contributed by atoms with Crippen LogP contribution in [0.25, 0.3) is 16.9 Å². The molecule has 3 rings (SSSR count). The SMILES string of the molecule is Cc1nn2c(C(F)(F)F)cc(-c3ccc(Cl)c(Cl)c3)nc2c1Br. The molecule has 120 valence electrons. The molecule has 3 aromatic rings. The zero-order chi connectivity index (χ0) is 16.9. The van der Waals surface area contributed by atoms with Crippen molar-refractivity contribution in [1.82, 2.24) is 14.6 Å². The fraction of sp³-hybridized carbons (Fsp3) is 0.143. The molecule has 0 bridgehead atoms. The third kappa shape index (κ3) is 2.93. The Morgan fingerprint density at radius 1 is 1.13 bits per heavy atom. The van der Waals surface area contributed by atoms with E-state index in [0.29, 0.717) is 20.8 Å². The van der Waals surface area contributed by atoms with Crippen molar-refractivity contribution in [2.75, 3.05) is 0 Å². The third-order valence-electron chi connectivity index (χ3n) is 3.20. The van der Waals surface area contributed by atoms with Gasteiger partial charge in [0, 0.05) is 5.56 Å². The average Bonchev–Trinajstić information content (AvgIpc) is 2.75. The molecule has 3 nitrogen and oxygen atoms in total. The zero-order valence-electron chi connectivity index (χ0n) is 11.4. The number of alkyl halides is 3. The molecule has 0 saturated heterocycles. The van der Waals surface area contributed by atoms with E-state index in [2.05, 4.69) is 26.0 Å². The maximum atomic E-state index is 13.3. The molecule has 0 aliphatic carbocycles. The first-order valence-electron chi connectivity index (χ1n) is 6.27. The maximum absolute atomic E-state index is 13.3. The van der Waals surface area contributed by atoms with E-state index in [-0.39, 0.29) is 16.4 Å². The van der Waals surface area contributed by atoms with Crippen molar-refractivity contribution < 1.29 is 13.2 Å². The Bertz CT molecular complexity index is 922. The highest BCUT2D eigenvalue weighted by atomic mass is 79.9. The van der Waals surface area contributed by atoms with Crippen molar-refractivity contribution >= 4 is 44.8 Å². The van der Waals surface area contributed by atoms with Crippen LogP contribution in [0.4, 0.5) is 13.2 Å². The molecule has 0 unspecified atom stereocenters. The van der Waals surface area contributed by atoms with E-state index < -0.39 is 11.9 Å². The summed E-state index contributed by atoms with van der Waals surface area (Å²) in [6.07, 6.45) is -4.58. The van der Waals surface area contributed by atoms with Crippen LogP contribution in [-0.4, -0.2) is 14.6 Å². The molecule has 0 atom stereocenters. The predicted molar refractivity (Wildman–Crippen MR) is 85.9 cm³/mol. The van der Waals surface area contributed by atoms with Crippen LogP contribution in [0.5, 0.6) is 0 Å².